The van der Waals surface area contributed by atoms with Gasteiger partial charge in [-0.15, -0.1) is 0 Å². The molecule has 5 rings (SSSR count). The van der Waals surface area contributed by atoms with E-state index in [1.54, 1.807) is 23.3 Å². The molecule has 2 heterocycles. The highest BCUT2D eigenvalue weighted by atomic mass is 15.3. The first kappa shape index (κ1) is 11.5. The minimum absolute atomic E-state index is 0.241. The second kappa shape index (κ2) is 3.93. The topological polar surface area (TPSA) is 94.5 Å². The summed E-state index contributed by atoms with van der Waals surface area (Å²) >= 11 is 0. The summed E-state index contributed by atoms with van der Waals surface area (Å²) in [4.78, 5) is 16.9. The normalized spacial score (nSPS) is 35.7. The zero-order valence-electron chi connectivity index (χ0n) is 11.6. The maximum absolute atomic E-state index is 5.81. The predicted molar refractivity (Wildman–Crippen MR) is 76.6 cm³/mol. The fourth-order valence-corrected chi connectivity index (χ4v) is 4.61. The number of nitrogen functional groups attached to an aromatic ring is 1. The first-order valence-corrected chi connectivity index (χ1v) is 7.56. The molecule has 0 aromatic carbocycles. The van der Waals surface area contributed by atoms with Crippen LogP contribution in [0.2, 0.25) is 0 Å². The number of aromatic nitrogens is 5. The molecular weight excluding hydrogens is 266 g/mol. The fraction of sp³-hybridized carbons (Fsp3) is 0.571. The Balaban J connectivity index is 1.40. The SMILES string of the molecule is Nc1nc(NC2C3C4CCC(C4)C23)nc(-n2ccnc2)n1. The van der Waals surface area contributed by atoms with E-state index in [9.17, 15) is 0 Å². The van der Waals surface area contributed by atoms with E-state index in [1.807, 2.05) is 0 Å². The molecule has 7 heteroatoms. The van der Waals surface area contributed by atoms with Crippen LogP contribution in [0.1, 0.15) is 19.3 Å². The summed E-state index contributed by atoms with van der Waals surface area (Å²) in [6.07, 6.45) is 9.39. The molecule has 0 spiro atoms. The Hall–Kier alpha value is -2.18. The Morgan fingerprint density at radius 1 is 1.14 bits per heavy atom. The second-order valence-electron chi connectivity index (χ2n) is 6.45. The van der Waals surface area contributed by atoms with Gasteiger partial charge >= 0.3 is 0 Å². The third kappa shape index (κ3) is 1.66. The molecule has 21 heavy (non-hydrogen) atoms. The Morgan fingerprint density at radius 3 is 2.67 bits per heavy atom. The van der Waals surface area contributed by atoms with Crippen LogP contribution in [0.15, 0.2) is 18.7 Å². The molecule has 0 amide bonds. The highest BCUT2D eigenvalue weighted by Crippen LogP contribution is 2.66. The first-order chi connectivity index (χ1) is 10.3. The van der Waals surface area contributed by atoms with Gasteiger partial charge in [0, 0.05) is 18.4 Å². The lowest BCUT2D eigenvalue weighted by Gasteiger charge is -2.11. The molecule has 0 saturated heterocycles. The van der Waals surface area contributed by atoms with Gasteiger partial charge < -0.3 is 11.1 Å². The zero-order chi connectivity index (χ0) is 14.0. The number of nitrogens with two attached hydrogens (primary N) is 1. The summed E-state index contributed by atoms with van der Waals surface area (Å²) in [5.41, 5.74) is 5.81. The summed E-state index contributed by atoms with van der Waals surface area (Å²) in [5, 5.41) is 3.49. The molecule has 3 saturated carbocycles. The van der Waals surface area contributed by atoms with Crippen molar-refractivity contribution >= 4 is 11.9 Å². The molecule has 3 aliphatic rings. The highest BCUT2D eigenvalue weighted by Gasteiger charge is 2.65. The van der Waals surface area contributed by atoms with Crippen molar-refractivity contribution in [1.29, 1.82) is 0 Å². The molecular formula is C14H17N7. The third-order valence-corrected chi connectivity index (χ3v) is 5.41. The quantitative estimate of drug-likeness (QED) is 0.875. The number of anilines is 2. The van der Waals surface area contributed by atoms with Gasteiger partial charge in [0.05, 0.1) is 0 Å². The van der Waals surface area contributed by atoms with Crippen molar-refractivity contribution < 1.29 is 0 Å². The zero-order valence-corrected chi connectivity index (χ0v) is 11.6. The molecule has 3 fully saturated rings. The molecule has 2 aromatic rings. The van der Waals surface area contributed by atoms with Crippen LogP contribution in [0, 0.1) is 23.7 Å². The predicted octanol–water partition coefficient (Wildman–Crippen LogP) is 1.10. The highest BCUT2D eigenvalue weighted by molar-refractivity contribution is 5.39. The van der Waals surface area contributed by atoms with Crippen LogP contribution in [-0.4, -0.2) is 30.5 Å². The van der Waals surface area contributed by atoms with Gasteiger partial charge in [0.25, 0.3) is 0 Å². The summed E-state index contributed by atoms with van der Waals surface area (Å²) in [6, 6.07) is 0.536. The summed E-state index contributed by atoms with van der Waals surface area (Å²) < 4.78 is 1.74. The first-order valence-electron chi connectivity index (χ1n) is 7.56. The van der Waals surface area contributed by atoms with Crippen molar-refractivity contribution in [3.8, 4) is 5.95 Å². The van der Waals surface area contributed by atoms with Gasteiger partial charge in [-0.05, 0) is 42.9 Å². The van der Waals surface area contributed by atoms with Crippen molar-refractivity contribution in [3.63, 3.8) is 0 Å². The number of hydrogen-bond donors (Lipinski definition) is 2. The number of rotatable bonds is 3. The van der Waals surface area contributed by atoms with E-state index in [4.69, 9.17) is 5.73 Å². The molecule has 4 unspecified atom stereocenters. The van der Waals surface area contributed by atoms with Crippen molar-refractivity contribution in [2.24, 2.45) is 23.7 Å². The minimum Gasteiger partial charge on any atom is -0.368 e. The van der Waals surface area contributed by atoms with Crippen LogP contribution in [0.4, 0.5) is 11.9 Å². The maximum atomic E-state index is 5.81. The van der Waals surface area contributed by atoms with Gasteiger partial charge in [-0.25, -0.2) is 4.98 Å². The molecule has 0 radical (unpaired) electrons. The van der Waals surface area contributed by atoms with Crippen molar-refractivity contribution in [2.45, 2.75) is 25.3 Å². The number of nitrogens with one attached hydrogen (secondary N) is 1. The molecule has 108 valence electrons. The van der Waals surface area contributed by atoms with Crippen LogP contribution < -0.4 is 11.1 Å². The lowest BCUT2D eigenvalue weighted by molar-refractivity contribution is 0.456. The van der Waals surface area contributed by atoms with Crippen molar-refractivity contribution in [1.82, 2.24) is 24.5 Å². The van der Waals surface area contributed by atoms with Crippen LogP contribution in [0.5, 0.6) is 0 Å². The number of hydrogen-bond acceptors (Lipinski definition) is 6. The molecule has 7 nitrogen and oxygen atoms in total. The molecule has 2 aromatic heterocycles. The smallest absolute Gasteiger partial charge is 0.241 e. The maximum Gasteiger partial charge on any atom is 0.241 e. The van der Waals surface area contributed by atoms with Gasteiger partial charge in [0.15, 0.2) is 0 Å². The van der Waals surface area contributed by atoms with E-state index in [1.165, 1.54) is 19.3 Å². The van der Waals surface area contributed by atoms with Gasteiger partial charge in [-0.1, -0.05) is 0 Å². The van der Waals surface area contributed by atoms with Gasteiger partial charge in [-0.3, -0.25) is 4.57 Å². The third-order valence-electron chi connectivity index (χ3n) is 5.41. The van der Waals surface area contributed by atoms with E-state index in [-0.39, 0.29) is 5.95 Å². The fourth-order valence-electron chi connectivity index (χ4n) is 4.61. The Bertz CT molecular complexity index is 667. The van der Waals surface area contributed by atoms with E-state index in [2.05, 4.69) is 25.3 Å². The Kier molecular flexibility index (Phi) is 2.15. The number of nitrogens with zero attached hydrogens (tertiary/aromatic N) is 5. The molecule has 3 N–H and O–H groups in total. The van der Waals surface area contributed by atoms with Gasteiger partial charge in [-0.2, -0.15) is 15.0 Å². The lowest BCUT2D eigenvalue weighted by Crippen LogP contribution is -2.17. The molecule has 2 bridgehead atoms. The molecule has 3 aliphatic carbocycles. The van der Waals surface area contributed by atoms with Gasteiger partial charge in [0.1, 0.15) is 6.33 Å². The monoisotopic (exact) mass is 283 g/mol. The average molecular weight is 283 g/mol. The Labute approximate surface area is 122 Å². The van der Waals surface area contributed by atoms with E-state index < -0.39 is 0 Å². The standard InChI is InChI=1S/C14H17N7/c15-12-18-13(20-14(19-12)21-4-3-16-6-21)17-11-9-7-1-2-8(5-7)10(9)11/h3-4,6-11H,1-2,5H2,(H3,15,17,18,19,20). The number of imidazole rings is 1. The van der Waals surface area contributed by atoms with Crippen molar-refractivity contribution in [2.75, 3.05) is 11.1 Å². The summed E-state index contributed by atoms with van der Waals surface area (Å²) in [7, 11) is 0. The van der Waals surface area contributed by atoms with E-state index >= 15 is 0 Å². The summed E-state index contributed by atoms with van der Waals surface area (Å²) in [5.74, 6) is 4.85. The average Bonchev–Trinajstić information content (AvgIpc) is 2.97. The van der Waals surface area contributed by atoms with E-state index in [0.29, 0.717) is 17.9 Å². The molecule has 4 atom stereocenters. The Morgan fingerprint density at radius 2 is 1.95 bits per heavy atom. The second-order valence-corrected chi connectivity index (χ2v) is 6.45. The van der Waals surface area contributed by atoms with E-state index in [0.717, 1.165) is 23.7 Å². The number of fused-ring (bicyclic) bond motifs is 5. The van der Waals surface area contributed by atoms with Crippen LogP contribution in [-0.2, 0) is 0 Å². The van der Waals surface area contributed by atoms with Crippen LogP contribution in [0.25, 0.3) is 5.95 Å². The molecule has 0 aliphatic heterocycles. The minimum atomic E-state index is 0.241. The largest absolute Gasteiger partial charge is 0.368 e. The van der Waals surface area contributed by atoms with Crippen molar-refractivity contribution in [3.05, 3.63) is 18.7 Å². The van der Waals surface area contributed by atoms with Gasteiger partial charge in [0.2, 0.25) is 17.8 Å². The lowest BCUT2D eigenvalue weighted by atomic mass is 10.0. The van der Waals surface area contributed by atoms with Crippen LogP contribution in [0.3, 0.4) is 0 Å². The van der Waals surface area contributed by atoms with Crippen LogP contribution >= 0.6 is 0 Å². The summed E-state index contributed by atoms with van der Waals surface area (Å²) in [6.45, 7) is 0.